The monoisotopic (exact) mass is 380 g/mol. The minimum Gasteiger partial charge on any atom is -0.360 e. The zero-order valence-corrected chi connectivity index (χ0v) is 16.5. The molecule has 0 saturated carbocycles. The Morgan fingerprint density at radius 3 is 2.26 bits per heavy atom. The van der Waals surface area contributed by atoms with Crippen molar-refractivity contribution in [1.82, 2.24) is 14.3 Å². The molecule has 2 heterocycles. The van der Waals surface area contributed by atoms with Gasteiger partial charge in [-0.15, -0.1) is 0 Å². The molecule has 1 N–H and O–H groups in total. The first kappa shape index (κ1) is 17.9. The van der Waals surface area contributed by atoms with Crippen molar-refractivity contribution in [2.45, 2.75) is 13.1 Å². The maximum absolute atomic E-state index is 5.64. The summed E-state index contributed by atoms with van der Waals surface area (Å²) in [7, 11) is 2.02. The van der Waals surface area contributed by atoms with Crippen molar-refractivity contribution in [2.24, 2.45) is 7.05 Å². The highest BCUT2D eigenvalue weighted by atomic mass is 32.1. The minimum absolute atomic E-state index is 0.805. The SMILES string of the molecule is Cn1c(Cc2ccccc2)nn(C[NH+]2CCN(c3ccccc3)CC2)c1=S. The third kappa shape index (κ3) is 4.12. The standard InChI is InChI=1S/C21H25N5S/c1-23-20(16-18-8-4-2-5-9-18)22-26(21(23)27)17-24-12-14-25(15-13-24)19-10-6-3-7-11-19/h2-11H,12-17H2,1H3/p+1. The molecule has 27 heavy (non-hydrogen) atoms. The average molecular weight is 381 g/mol. The molecule has 0 aliphatic carbocycles. The van der Waals surface area contributed by atoms with E-state index in [1.165, 1.54) is 16.2 Å². The van der Waals surface area contributed by atoms with E-state index in [1.807, 2.05) is 22.4 Å². The molecule has 0 bridgehead atoms. The molecule has 1 aromatic heterocycles. The molecular formula is C21H26N5S+. The van der Waals surface area contributed by atoms with Crippen molar-refractivity contribution in [1.29, 1.82) is 0 Å². The summed E-state index contributed by atoms with van der Waals surface area (Å²) in [4.78, 5) is 3.99. The van der Waals surface area contributed by atoms with Gasteiger partial charge in [-0.05, 0) is 29.9 Å². The lowest BCUT2D eigenvalue weighted by Gasteiger charge is -2.33. The molecule has 1 aliphatic heterocycles. The highest BCUT2D eigenvalue weighted by Gasteiger charge is 2.21. The first-order valence-electron chi connectivity index (χ1n) is 9.51. The van der Waals surface area contributed by atoms with Crippen LogP contribution >= 0.6 is 12.2 Å². The molecular weight excluding hydrogens is 354 g/mol. The van der Waals surface area contributed by atoms with E-state index in [9.17, 15) is 0 Å². The summed E-state index contributed by atoms with van der Waals surface area (Å²) in [5.41, 5.74) is 2.58. The molecule has 1 fully saturated rings. The van der Waals surface area contributed by atoms with Gasteiger partial charge < -0.3 is 14.4 Å². The molecule has 1 saturated heterocycles. The number of quaternary nitrogens is 1. The van der Waals surface area contributed by atoms with Crippen LogP contribution in [0.1, 0.15) is 11.4 Å². The summed E-state index contributed by atoms with van der Waals surface area (Å²) in [5, 5.41) is 4.82. The zero-order valence-electron chi connectivity index (χ0n) is 15.7. The molecule has 140 valence electrons. The summed E-state index contributed by atoms with van der Waals surface area (Å²) in [6.45, 7) is 5.17. The number of rotatable bonds is 5. The van der Waals surface area contributed by atoms with Gasteiger partial charge in [0.25, 0.3) is 0 Å². The van der Waals surface area contributed by atoms with Gasteiger partial charge >= 0.3 is 0 Å². The lowest BCUT2D eigenvalue weighted by molar-refractivity contribution is -0.924. The molecule has 3 aromatic rings. The second kappa shape index (κ2) is 8.06. The van der Waals surface area contributed by atoms with Gasteiger partial charge in [0.2, 0.25) is 4.77 Å². The summed E-state index contributed by atoms with van der Waals surface area (Å²) in [6, 6.07) is 21.1. The van der Waals surface area contributed by atoms with Crippen LogP contribution in [0.25, 0.3) is 0 Å². The Balaban J connectivity index is 1.40. The number of benzene rings is 2. The third-order valence-electron chi connectivity index (χ3n) is 5.30. The van der Waals surface area contributed by atoms with Crippen LogP contribution in [0.3, 0.4) is 0 Å². The maximum atomic E-state index is 5.64. The van der Waals surface area contributed by atoms with Crippen molar-refractivity contribution in [3.05, 3.63) is 76.8 Å². The molecule has 5 nitrogen and oxygen atoms in total. The largest absolute Gasteiger partial charge is 0.360 e. The highest BCUT2D eigenvalue weighted by Crippen LogP contribution is 2.12. The van der Waals surface area contributed by atoms with Gasteiger partial charge in [0.15, 0.2) is 6.67 Å². The summed E-state index contributed by atoms with van der Waals surface area (Å²) < 4.78 is 4.85. The smallest absolute Gasteiger partial charge is 0.202 e. The highest BCUT2D eigenvalue weighted by molar-refractivity contribution is 7.71. The van der Waals surface area contributed by atoms with Crippen LogP contribution in [0.15, 0.2) is 60.7 Å². The van der Waals surface area contributed by atoms with Crippen molar-refractivity contribution in [3.8, 4) is 0 Å². The van der Waals surface area contributed by atoms with Gasteiger partial charge in [0.1, 0.15) is 5.82 Å². The summed E-state index contributed by atoms with van der Waals surface area (Å²) in [5.74, 6) is 1.02. The van der Waals surface area contributed by atoms with E-state index in [1.54, 1.807) is 0 Å². The van der Waals surface area contributed by atoms with E-state index in [-0.39, 0.29) is 0 Å². The normalized spacial score (nSPS) is 15.2. The average Bonchev–Trinajstić information content (AvgIpc) is 2.98. The van der Waals surface area contributed by atoms with E-state index >= 15 is 0 Å². The van der Waals surface area contributed by atoms with Crippen molar-refractivity contribution in [2.75, 3.05) is 31.1 Å². The zero-order chi connectivity index (χ0) is 18.6. The van der Waals surface area contributed by atoms with Gasteiger partial charge in [-0.25, -0.2) is 0 Å². The first-order valence-corrected chi connectivity index (χ1v) is 9.92. The molecule has 0 radical (unpaired) electrons. The van der Waals surface area contributed by atoms with Crippen molar-refractivity contribution >= 4 is 17.9 Å². The van der Waals surface area contributed by atoms with Crippen LogP contribution < -0.4 is 9.80 Å². The number of para-hydroxylation sites is 1. The van der Waals surface area contributed by atoms with E-state index in [0.717, 1.165) is 49.9 Å². The second-order valence-corrected chi connectivity index (χ2v) is 7.52. The molecule has 0 unspecified atom stereocenters. The van der Waals surface area contributed by atoms with Crippen molar-refractivity contribution < 1.29 is 4.90 Å². The molecule has 0 atom stereocenters. The summed E-state index contributed by atoms with van der Waals surface area (Å²) in [6.07, 6.45) is 0.811. The van der Waals surface area contributed by atoms with Crippen LogP contribution in [-0.2, 0) is 20.1 Å². The van der Waals surface area contributed by atoms with E-state index in [0.29, 0.717) is 0 Å². The Labute approximate surface area is 165 Å². The first-order chi connectivity index (χ1) is 13.2. The molecule has 2 aromatic carbocycles. The topological polar surface area (TPSA) is 30.4 Å². The van der Waals surface area contributed by atoms with Crippen LogP contribution in [0, 0.1) is 4.77 Å². The Morgan fingerprint density at radius 1 is 0.963 bits per heavy atom. The number of hydrogen-bond acceptors (Lipinski definition) is 3. The van der Waals surface area contributed by atoms with Crippen molar-refractivity contribution in [3.63, 3.8) is 0 Å². The fraction of sp³-hybridized carbons (Fsp3) is 0.333. The van der Waals surface area contributed by atoms with Crippen LogP contribution in [0.4, 0.5) is 5.69 Å². The molecule has 0 amide bonds. The Morgan fingerprint density at radius 2 is 1.59 bits per heavy atom. The number of anilines is 1. The van der Waals surface area contributed by atoms with Crippen LogP contribution in [-0.4, -0.2) is 40.5 Å². The Kier molecular flexibility index (Phi) is 5.36. The molecule has 0 spiro atoms. The van der Waals surface area contributed by atoms with Gasteiger partial charge in [-0.2, -0.15) is 9.78 Å². The van der Waals surface area contributed by atoms with Crippen LogP contribution in [0.5, 0.6) is 0 Å². The van der Waals surface area contributed by atoms with Gasteiger partial charge in [-0.3, -0.25) is 0 Å². The quantitative estimate of drug-likeness (QED) is 0.686. The lowest BCUT2D eigenvalue weighted by Crippen LogP contribution is -3.14. The third-order valence-corrected chi connectivity index (χ3v) is 5.79. The van der Waals surface area contributed by atoms with E-state index in [4.69, 9.17) is 17.3 Å². The molecule has 1 aliphatic rings. The number of nitrogens with one attached hydrogen (secondary N) is 1. The molecule has 4 rings (SSSR count). The second-order valence-electron chi connectivity index (χ2n) is 7.15. The lowest BCUT2D eigenvalue weighted by atomic mass is 10.1. The van der Waals surface area contributed by atoms with Gasteiger partial charge in [-0.1, -0.05) is 48.5 Å². The Hall–Kier alpha value is -2.44. The molecule has 6 heteroatoms. The van der Waals surface area contributed by atoms with Gasteiger partial charge in [0.05, 0.1) is 26.2 Å². The number of hydrogen-bond donors (Lipinski definition) is 1. The van der Waals surface area contributed by atoms with Crippen LogP contribution in [0.2, 0.25) is 0 Å². The fourth-order valence-electron chi connectivity index (χ4n) is 3.66. The maximum Gasteiger partial charge on any atom is 0.202 e. The number of piperazine rings is 1. The minimum atomic E-state index is 0.805. The van der Waals surface area contributed by atoms with E-state index < -0.39 is 0 Å². The predicted molar refractivity (Wildman–Crippen MR) is 111 cm³/mol. The fourth-order valence-corrected chi connectivity index (χ4v) is 3.87. The number of nitrogens with zero attached hydrogens (tertiary/aromatic N) is 4. The van der Waals surface area contributed by atoms with E-state index in [2.05, 4.69) is 59.5 Å². The Bertz CT molecular complexity index is 924. The van der Waals surface area contributed by atoms with Gasteiger partial charge in [0, 0.05) is 19.2 Å². The number of aromatic nitrogens is 3. The predicted octanol–water partition coefficient (Wildman–Crippen LogP) is 1.90. The summed E-state index contributed by atoms with van der Waals surface area (Å²) >= 11 is 5.64.